The number of nitro benzene ring substituents is 1. The predicted molar refractivity (Wildman–Crippen MR) is 63.2 cm³/mol. The van der Waals surface area contributed by atoms with Crippen LogP contribution < -0.4 is 11.1 Å². The lowest BCUT2D eigenvalue weighted by Gasteiger charge is -2.12. The highest BCUT2D eigenvalue weighted by Crippen LogP contribution is 2.20. The van der Waals surface area contributed by atoms with Crippen LogP contribution in [0, 0.1) is 17.0 Å². The van der Waals surface area contributed by atoms with Crippen molar-refractivity contribution in [2.45, 2.75) is 26.4 Å². The molecule has 0 spiro atoms. The lowest BCUT2D eigenvalue weighted by Crippen LogP contribution is -2.32. The maximum Gasteiger partial charge on any atom is 0.272 e. The Balaban J connectivity index is 2.81. The van der Waals surface area contributed by atoms with Crippen LogP contribution in [-0.2, 0) is 6.54 Å². The first-order valence-electron chi connectivity index (χ1n) is 5.22. The van der Waals surface area contributed by atoms with Crippen LogP contribution in [0.15, 0.2) is 18.2 Å². The van der Waals surface area contributed by atoms with E-state index in [9.17, 15) is 10.1 Å². The van der Waals surface area contributed by atoms with E-state index in [0.717, 1.165) is 5.56 Å². The molecule has 0 fully saturated rings. The van der Waals surface area contributed by atoms with Gasteiger partial charge in [-0.1, -0.05) is 12.1 Å². The predicted octanol–water partition coefficient (Wildman–Crippen LogP) is 1.34. The van der Waals surface area contributed by atoms with Crippen LogP contribution in [0.3, 0.4) is 0 Å². The average molecular weight is 223 g/mol. The second-order valence-electron chi connectivity index (χ2n) is 3.84. The Bertz CT molecular complexity index is 379. The van der Waals surface area contributed by atoms with Crippen LogP contribution in [-0.4, -0.2) is 17.5 Å². The van der Waals surface area contributed by atoms with Crippen LogP contribution in [0.4, 0.5) is 5.69 Å². The van der Waals surface area contributed by atoms with Crippen LogP contribution in [0.1, 0.15) is 18.1 Å². The van der Waals surface area contributed by atoms with Crippen molar-refractivity contribution >= 4 is 5.69 Å². The van der Waals surface area contributed by atoms with Gasteiger partial charge in [-0.3, -0.25) is 10.1 Å². The molecule has 0 saturated heterocycles. The van der Waals surface area contributed by atoms with E-state index in [4.69, 9.17) is 5.73 Å². The molecular formula is C11H17N3O2. The van der Waals surface area contributed by atoms with Crippen LogP contribution in [0.5, 0.6) is 0 Å². The molecule has 16 heavy (non-hydrogen) atoms. The van der Waals surface area contributed by atoms with Crippen molar-refractivity contribution in [3.8, 4) is 0 Å². The molecule has 1 aromatic carbocycles. The van der Waals surface area contributed by atoms with E-state index in [1.807, 2.05) is 13.0 Å². The third-order valence-electron chi connectivity index (χ3n) is 2.61. The molecule has 88 valence electrons. The zero-order valence-electron chi connectivity index (χ0n) is 9.56. The van der Waals surface area contributed by atoms with Gasteiger partial charge in [0, 0.05) is 30.8 Å². The fraction of sp³-hybridized carbons (Fsp3) is 0.455. The van der Waals surface area contributed by atoms with Crippen LogP contribution >= 0.6 is 0 Å². The molecule has 0 aliphatic heterocycles. The number of nitro groups is 1. The summed E-state index contributed by atoms with van der Waals surface area (Å²) < 4.78 is 0. The Morgan fingerprint density at radius 2 is 2.25 bits per heavy atom. The van der Waals surface area contributed by atoms with Gasteiger partial charge in [0.05, 0.1) is 4.92 Å². The first-order chi connectivity index (χ1) is 7.56. The lowest BCUT2D eigenvalue weighted by molar-refractivity contribution is -0.385. The van der Waals surface area contributed by atoms with Crippen LogP contribution in [0.2, 0.25) is 0 Å². The fourth-order valence-electron chi connectivity index (χ4n) is 1.43. The largest absolute Gasteiger partial charge is 0.329 e. The molecule has 5 heteroatoms. The second kappa shape index (κ2) is 5.58. The third kappa shape index (κ3) is 3.01. The van der Waals surface area contributed by atoms with Crippen molar-refractivity contribution in [1.29, 1.82) is 0 Å². The van der Waals surface area contributed by atoms with Crippen molar-refractivity contribution in [3.63, 3.8) is 0 Å². The molecule has 0 amide bonds. The lowest BCUT2D eigenvalue weighted by atomic mass is 10.1. The number of nitrogens with one attached hydrogen (secondary N) is 1. The summed E-state index contributed by atoms with van der Waals surface area (Å²) in [4.78, 5) is 10.4. The van der Waals surface area contributed by atoms with Crippen molar-refractivity contribution in [2.24, 2.45) is 5.73 Å². The van der Waals surface area contributed by atoms with Gasteiger partial charge in [-0.25, -0.2) is 0 Å². The third-order valence-corrected chi connectivity index (χ3v) is 2.61. The summed E-state index contributed by atoms with van der Waals surface area (Å²) in [5, 5.41) is 13.9. The van der Waals surface area contributed by atoms with Crippen molar-refractivity contribution in [3.05, 3.63) is 39.4 Å². The molecule has 0 heterocycles. The molecule has 0 aliphatic rings. The van der Waals surface area contributed by atoms with Gasteiger partial charge in [0.2, 0.25) is 0 Å². The highest BCUT2D eigenvalue weighted by Gasteiger charge is 2.12. The minimum atomic E-state index is -0.356. The Morgan fingerprint density at radius 3 is 2.81 bits per heavy atom. The van der Waals surface area contributed by atoms with Crippen molar-refractivity contribution < 1.29 is 4.92 Å². The first kappa shape index (κ1) is 12.6. The maximum atomic E-state index is 10.7. The summed E-state index contributed by atoms with van der Waals surface area (Å²) in [6.45, 7) is 4.90. The zero-order valence-corrected chi connectivity index (χ0v) is 9.56. The van der Waals surface area contributed by atoms with E-state index >= 15 is 0 Å². The molecule has 1 atom stereocenters. The normalized spacial score (nSPS) is 12.4. The Labute approximate surface area is 94.8 Å². The number of hydrogen-bond donors (Lipinski definition) is 2. The number of nitrogens with zero attached hydrogens (tertiary/aromatic N) is 1. The summed E-state index contributed by atoms with van der Waals surface area (Å²) >= 11 is 0. The molecule has 0 aliphatic carbocycles. The van der Waals surface area contributed by atoms with Gasteiger partial charge in [-0.05, 0) is 19.4 Å². The molecule has 1 unspecified atom stereocenters. The Morgan fingerprint density at radius 1 is 1.56 bits per heavy atom. The van der Waals surface area contributed by atoms with E-state index in [1.54, 1.807) is 13.0 Å². The van der Waals surface area contributed by atoms with Gasteiger partial charge in [-0.15, -0.1) is 0 Å². The smallest absolute Gasteiger partial charge is 0.272 e. The molecule has 1 aromatic rings. The quantitative estimate of drug-likeness (QED) is 0.583. The van der Waals surface area contributed by atoms with Gasteiger partial charge in [-0.2, -0.15) is 0 Å². The molecule has 0 bridgehead atoms. The summed E-state index contributed by atoms with van der Waals surface area (Å²) in [5.74, 6) is 0. The Hall–Kier alpha value is -1.46. The van der Waals surface area contributed by atoms with Gasteiger partial charge >= 0.3 is 0 Å². The summed E-state index contributed by atoms with van der Waals surface area (Å²) in [6, 6.07) is 5.32. The zero-order chi connectivity index (χ0) is 12.1. The van der Waals surface area contributed by atoms with E-state index in [1.165, 1.54) is 6.07 Å². The molecule has 1 rings (SSSR count). The molecular weight excluding hydrogens is 206 g/mol. The monoisotopic (exact) mass is 223 g/mol. The Kier molecular flexibility index (Phi) is 4.39. The summed E-state index contributed by atoms with van der Waals surface area (Å²) in [6.07, 6.45) is 0. The van der Waals surface area contributed by atoms with E-state index in [0.29, 0.717) is 18.7 Å². The van der Waals surface area contributed by atoms with Gasteiger partial charge in [0.25, 0.3) is 5.69 Å². The fourth-order valence-corrected chi connectivity index (χ4v) is 1.43. The highest BCUT2D eigenvalue weighted by atomic mass is 16.6. The molecule has 0 saturated carbocycles. The number of benzene rings is 1. The van der Waals surface area contributed by atoms with E-state index in [-0.39, 0.29) is 16.7 Å². The second-order valence-corrected chi connectivity index (χ2v) is 3.84. The topological polar surface area (TPSA) is 81.2 Å². The van der Waals surface area contributed by atoms with Gasteiger partial charge in [0.15, 0.2) is 0 Å². The van der Waals surface area contributed by atoms with E-state index < -0.39 is 0 Å². The van der Waals surface area contributed by atoms with Gasteiger partial charge < -0.3 is 11.1 Å². The van der Waals surface area contributed by atoms with Crippen LogP contribution in [0.25, 0.3) is 0 Å². The average Bonchev–Trinajstić information content (AvgIpc) is 2.26. The summed E-state index contributed by atoms with van der Waals surface area (Å²) in [7, 11) is 0. The SMILES string of the molecule is Cc1c(CNC(C)CN)cccc1[N+](=O)[O-]. The van der Waals surface area contributed by atoms with E-state index in [2.05, 4.69) is 5.32 Å². The number of rotatable bonds is 5. The molecule has 0 aromatic heterocycles. The minimum Gasteiger partial charge on any atom is -0.329 e. The standard InChI is InChI=1S/C11H17N3O2/c1-8(6-12)13-7-10-4-3-5-11(9(10)2)14(15)16/h3-5,8,13H,6-7,12H2,1-2H3. The highest BCUT2D eigenvalue weighted by molar-refractivity contribution is 5.44. The van der Waals surface area contributed by atoms with Crippen molar-refractivity contribution in [2.75, 3.05) is 6.54 Å². The van der Waals surface area contributed by atoms with Crippen molar-refractivity contribution in [1.82, 2.24) is 5.32 Å². The molecule has 3 N–H and O–H groups in total. The maximum absolute atomic E-state index is 10.7. The molecule has 0 radical (unpaired) electrons. The first-order valence-corrected chi connectivity index (χ1v) is 5.22. The number of hydrogen-bond acceptors (Lipinski definition) is 4. The summed E-state index contributed by atoms with van der Waals surface area (Å²) in [5.41, 5.74) is 7.30. The number of nitrogens with two attached hydrogens (primary N) is 1. The van der Waals surface area contributed by atoms with Gasteiger partial charge in [0.1, 0.15) is 0 Å². The molecule has 5 nitrogen and oxygen atoms in total. The minimum absolute atomic E-state index is 0.166.